The fourth-order valence-corrected chi connectivity index (χ4v) is 5.25. The second kappa shape index (κ2) is 6.55. The van der Waals surface area contributed by atoms with Crippen LogP contribution in [0.5, 0.6) is 0 Å². The van der Waals surface area contributed by atoms with E-state index >= 15 is 0 Å². The largest absolute Gasteiger partial charge is 0.361 e. The molecule has 0 aliphatic carbocycles. The molecule has 1 spiro atoms. The Bertz CT molecular complexity index is 1230. The van der Waals surface area contributed by atoms with Gasteiger partial charge in [-0.1, -0.05) is 35.5 Å². The van der Waals surface area contributed by atoms with Crippen molar-refractivity contribution < 1.29 is 18.8 Å². The van der Waals surface area contributed by atoms with E-state index in [0.29, 0.717) is 31.1 Å². The monoisotopic (exact) mass is 418 g/mol. The maximum absolute atomic E-state index is 13.2. The summed E-state index contributed by atoms with van der Waals surface area (Å²) in [6, 6.07) is 9.82. The zero-order chi connectivity index (χ0) is 21.2. The molecule has 0 radical (unpaired) electrons. The lowest BCUT2D eigenvalue weighted by Crippen LogP contribution is -2.44. The van der Waals surface area contributed by atoms with Crippen LogP contribution in [-0.4, -0.2) is 46.7 Å². The number of hydrogen-bond acceptors (Lipinski definition) is 5. The third-order valence-electron chi connectivity index (χ3n) is 6.66. The Hall–Kier alpha value is -3.39. The smallest absolute Gasteiger partial charge is 0.235 e. The van der Waals surface area contributed by atoms with Crippen molar-refractivity contribution in [1.29, 1.82) is 0 Å². The number of aromatic nitrogens is 2. The molecule has 6 rings (SSSR count). The van der Waals surface area contributed by atoms with E-state index in [-0.39, 0.29) is 17.9 Å². The number of anilines is 1. The molecular weight excluding hydrogens is 396 g/mol. The lowest BCUT2D eigenvalue weighted by atomic mass is 9.77. The number of nitrogens with zero attached hydrogens (tertiary/aromatic N) is 2. The van der Waals surface area contributed by atoms with Gasteiger partial charge in [0.1, 0.15) is 11.4 Å². The Kier molecular flexibility index (Phi) is 3.89. The Balaban J connectivity index is 1.18. The van der Waals surface area contributed by atoms with Crippen LogP contribution in [0.15, 0.2) is 53.2 Å². The molecule has 3 aliphatic rings. The lowest BCUT2D eigenvalue weighted by molar-refractivity contribution is -0.131. The van der Waals surface area contributed by atoms with Crippen LogP contribution < -0.4 is 10.2 Å². The standard InChI is InChI=1S/C23H22N4O4/c1-13-10-18(26-31-13)27-12-23-8-6-17(30-23)19(20(23)22(27)29)21(28)24-9-7-14-11-25-16-5-3-2-4-15(14)16/h2-6,8,10-11,17,19-20,25H,7,9,12H2,1H3,(H,24,28)/t17-,19-,20+,23-/m1/s1. The third-order valence-corrected chi connectivity index (χ3v) is 6.66. The SMILES string of the molecule is Cc1cc(N2C[C@@]34C=C[C@@H](O3)[C@@H](C(=O)NCCc3c[nH]c5ccccc35)[C@H]4C2=O)no1. The molecule has 1 aromatic carbocycles. The quantitative estimate of drug-likeness (QED) is 0.618. The average Bonchev–Trinajstić information content (AvgIpc) is 3.56. The van der Waals surface area contributed by atoms with Gasteiger partial charge in [-0.25, -0.2) is 0 Å². The number of ether oxygens (including phenoxy) is 1. The number of carbonyl (C=O) groups excluding carboxylic acids is 2. The number of H-pyrrole nitrogens is 1. The first kappa shape index (κ1) is 18.4. The molecule has 0 saturated carbocycles. The van der Waals surface area contributed by atoms with Gasteiger partial charge >= 0.3 is 0 Å². The second-order valence-electron chi connectivity index (χ2n) is 8.52. The van der Waals surface area contributed by atoms with E-state index in [9.17, 15) is 9.59 Å². The van der Waals surface area contributed by atoms with E-state index in [4.69, 9.17) is 9.26 Å². The molecule has 4 atom stereocenters. The van der Waals surface area contributed by atoms with Gasteiger partial charge in [0.2, 0.25) is 11.8 Å². The van der Waals surface area contributed by atoms with Crippen molar-refractivity contribution in [3.8, 4) is 0 Å². The van der Waals surface area contributed by atoms with E-state index in [0.717, 1.165) is 16.5 Å². The van der Waals surface area contributed by atoms with Gasteiger partial charge < -0.3 is 19.6 Å². The van der Waals surface area contributed by atoms with Crippen molar-refractivity contribution in [2.24, 2.45) is 11.8 Å². The van der Waals surface area contributed by atoms with Crippen molar-refractivity contribution in [3.63, 3.8) is 0 Å². The van der Waals surface area contributed by atoms with Gasteiger partial charge in [-0.15, -0.1) is 0 Å². The minimum atomic E-state index is -0.770. The van der Waals surface area contributed by atoms with Crippen molar-refractivity contribution >= 4 is 28.5 Å². The highest BCUT2D eigenvalue weighted by atomic mass is 16.5. The molecule has 8 heteroatoms. The topological polar surface area (TPSA) is 100 Å². The van der Waals surface area contributed by atoms with Crippen LogP contribution in [0.2, 0.25) is 0 Å². The van der Waals surface area contributed by atoms with Gasteiger partial charge in [0, 0.05) is 29.7 Å². The van der Waals surface area contributed by atoms with Crippen molar-refractivity contribution in [1.82, 2.24) is 15.5 Å². The van der Waals surface area contributed by atoms with Crippen molar-refractivity contribution in [3.05, 3.63) is 60.0 Å². The number of amides is 2. The van der Waals surface area contributed by atoms with E-state index in [1.807, 2.05) is 36.5 Å². The van der Waals surface area contributed by atoms with E-state index in [2.05, 4.69) is 21.5 Å². The molecular formula is C23H22N4O4. The second-order valence-corrected chi connectivity index (χ2v) is 8.52. The van der Waals surface area contributed by atoms with Crippen molar-refractivity contribution in [2.45, 2.75) is 25.0 Å². The number of para-hydroxylation sites is 1. The molecule has 2 amide bonds. The number of aromatic amines is 1. The van der Waals surface area contributed by atoms with Gasteiger partial charge in [0.25, 0.3) is 0 Å². The third kappa shape index (κ3) is 2.68. The molecule has 31 heavy (non-hydrogen) atoms. The Labute approximate surface area is 178 Å². The van der Waals surface area contributed by atoms with Gasteiger partial charge in [0.05, 0.1) is 24.5 Å². The van der Waals surface area contributed by atoms with Crippen LogP contribution in [0, 0.1) is 18.8 Å². The molecule has 2 fully saturated rings. The predicted molar refractivity (Wildman–Crippen MR) is 112 cm³/mol. The van der Waals surface area contributed by atoms with Gasteiger partial charge in [-0.2, -0.15) is 0 Å². The number of nitrogens with one attached hydrogen (secondary N) is 2. The van der Waals surface area contributed by atoms with Crippen molar-refractivity contribution in [2.75, 3.05) is 18.0 Å². The minimum absolute atomic E-state index is 0.142. The Morgan fingerprint density at radius 3 is 3.10 bits per heavy atom. The molecule has 2 saturated heterocycles. The maximum atomic E-state index is 13.2. The number of benzene rings is 1. The van der Waals surface area contributed by atoms with E-state index in [1.54, 1.807) is 17.9 Å². The summed E-state index contributed by atoms with van der Waals surface area (Å²) in [5.41, 5.74) is 1.46. The Morgan fingerprint density at radius 2 is 2.26 bits per heavy atom. The summed E-state index contributed by atoms with van der Waals surface area (Å²) in [4.78, 5) is 31.2. The molecule has 3 aromatic rings. The zero-order valence-corrected chi connectivity index (χ0v) is 17.0. The number of rotatable bonds is 5. The first-order valence-corrected chi connectivity index (χ1v) is 10.5. The molecule has 0 unspecified atom stereocenters. The highest BCUT2D eigenvalue weighted by Crippen LogP contribution is 2.52. The lowest BCUT2D eigenvalue weighted by Gasteiger charge is -2.23. The summed E-state index contributed by atoms with van der Waals surface area (Å²) >= 11 is 0. The molecule has 158 valence electrons. The first-order valence-electron chi connectivity index (χ1n) is 10.5. The number of aryl methyl sites for hydroxylation is 1. The zero-order valence-electron chi connectivity index (χ0n) is 17.0. The van der Waals surface area contributed by atoms with E-state index in [1.165, 1.54) is 0 Å². The molecule has 2 aromatic heterocycles. The fourth-order valence-electron chi connectivity index (χ4n) is 5.25. The van der Waals surface area contributed by atoms with Crippen LogP contribution in [0.3, 0.4) is 0 Å². The molecule has 5 heterocycles. The summed E-state index contributed by atoms with van der Waals surface area (Å²) in [7, 11) is 0. The van der Waals surface area contributed by atoms with Crippen LogP contribution in [-0.2, 0) is 20.7 Å². The summed E-state index contributed by atoms with van der Waals surface area (Å²) in [6.45, 7) is 2.62. The number of carbonyl (C=O) groups is 2. The van der Waals surface area contributed by atoms with Crippen LogP contribution in [0.1, 0.15) is 11.3 Å². The molecule has 8 nitrogen and oxygen atoms in total. The van der Waals surface area contributed by atoms with Crippen LogP contribution in [0.25, 0.3) is 10.9 Å². The molecule has 2 N–H and O–H groups in total. The average molecular weight is 418 g/mol. The van der Waals surface area contributed by atoms with Crippen LogP contribution >= 0.6 is 0 Å². The van der Waals surface area contributed by atoms with Gasteiger partial charge in [-0.05, 0) is 25.0 Å². The number of fused-ring (bicyclic) bond motifs is 2. The highest BCUT2D eigenvalue weighted by Gasteiger charge is 2.67. The van der Waals surface area contributed by atoms with Gasteiger partial charge in [0.15, 0.2) is 5.82 Å². The first-order chi connectivity index (χ1) is 15.1. The normalized spacial score (nSPS) is 28.6. The maximum Gasteiger partial charge on any atom is 0.235 e. The summed E-state index contributed by atoms with van der Waals surface area (Å²) < 4.78 is 11.3. The summed E-state index contributed by atoms with van der Waals surface area (Å²) in [6.07, 6.45) is 6.16. The number of hydrogen-bond donors (Lipinski definition) is 2. The fraction of sp³-hybridized carbons (Fsp3) is 0.348. The highest BCUT2D eigenvalue weighted by molar-refractivity contribution is 6.02. The molecule has 2 bridgehead atoms. The predicted octanol–water partition coefficient (Wildman–Crippen LogP) is 2.11. The minimum Gasteiger partial charge on any atom is -0.361 e. The summed E-state index contributed by atoms with van der Waals surface area (Å²) in [5.74, 6) is -0.287. The van der Waals surface area contributed by atoms with Crippen LogP contribution in [0.4, 0.5) is 5.82 Å². The summed E-state index contributed by atoms with van der Waals surface area (Å²) in [5, 5.41) is 8.16. The van der Waals surface area contributed by atoms with Gasteiger partial charge in [-0.3, -0.25) is 14.5 Å². The van der Waals surface area contributed by atoms with E-state index < -0.39 is 17.4 Å². The molecule has 3 aliphatic heterocycles. The Morgan fingerprint density at radius 1 is 1.39 bits per heavy atom.